The predicted octanol–water partition coefficient (Wildman–Crippen LogP) is 2.76. The summed E-state index contributed by atoms with van der Waals surface area (Å²) in [5.41, 5.74) is 8.99. The van der Waals surface area contributed by atoms with Crippen LogP contribution in [0.4, 0.5) is 0 Å². The van der Waals surface area contributed by atoms with Gasteiger partial charge in [0.25, 0.3) is 0 Å². The molecule has 0 unspecified atom stereocenters. The van der Waals surface area contributed by atoms with Gasteiger partial charge in [-0.05, 0) is 36.8 Å². The van der Waals surface area contributed by atoms with Crippen LogP contribution < -0.4 is 0 Å². The quantitative estimate of drug-likeness (QED) is 0.277. The van der Waals surface area contributed by atoms with E-state index in [1.807, 2.05) is 6.08 Å². The zero-order valence-electron chi connectivity index (χ0n) is 7.57. The van der Waals surface area contributed by atoms with Crippen molar-refractivity contribution < 1.29 is 4.79 Å². The second kappa shape index (κ2) is 5.38. The molecule has 0 aromatic carbocycles. The Morgan fingerprint density at radius 1 is 1.54 bits per heavy atom. The van der Waals surface area contributed by atoms with E-state index in [0.717, 1.165) is 31.3 Å². The van der Waals surface area contributed by atoms with Crippen LogP contribution >= 0.6 is 0 Å². The van der Waals surface area contributed by atoms with Crippen LogP contribution in [-0.4, -0.2) is 12.3 Å². The highest BCUT2D eigenvalue weighted by atomic mass is 16.1. The van der Waals surface area contributed by atoms with Crippen LogP contribution in [0.1, 0.15) is 32.1 Å². The van der Waals surface area contributed by atoms with Gasteiger partial charge in [-0.15, -0.1) is 0 Å². The maximum Gasteiger partial charge on any atom is 0.158 e. The zero-order chi connectivity index (χ0) is 9.52. The lowest BCUT2D eigenvalue weighted by Crippen LogP contribution is -1.95. The number of carbonyl (C=O) groups excluding carboxylic acids is 1. The molecule has 1 aliphatic carbocycles. The minimum absolute atomic E-state index is 0.295. The lowest BCUT2D eigenvalue weighted by molar-refractivity contribution is -0.115. The van der Waals surface area contributed by atoms with Gasteiger partial charge in [-0.2, -0.15) is 0 Å². The molecular formula is C9H13N3O. The second-order valence-electron chi connectivity index (χ2n) is 3.10. The van der Waals surface area contributed by atoms with Crippen molar-refractivity contribution in [2.45, 2.75) is 32.1 Å². The van der Waals surface area contributed by atoms with E-state index in [1.54, 1.807) is 0 Å². The average Bonchev–Trinajstić information content (AvgIpc) is 2.52. The number of hydrogen-bond donors (Lipinski definition) is 0. The van der Waals surface area contributed by atoms with Crippen molar-refractivity contribution in [3.05, 3.63) is 22.1 Å². The van der Waals surface area contributed by atoms with Crippen molar-refractivity contribution in [1.29, 1.82) is 0 Å². The summed E-state index contributed by atoms with van der Waals surface area (Å²) in [6.45, 7) is 0.540. The Balaban J connectivity index is 2.12. The number of azide groups is 1. The van der Waals surface area contributed by atoms with Gasteiger partial charge in [0.2, 0.25) is 0 Å². The molecule has 0 fully saturated rings. The normalized spacial score (nSPS) is 15.4. The Hall–Kier alpha value is -1.28. The van der Waals surface area contributed by atoms with E-state index < -0.39 is 0 Å². The molecular weight excluding hydrogens is 166 g/mol. The molecule has 70 valence electrons. The first kappa shape index (κ1) is 9.81. The monoisotopic (exact) mass is 179 g/mol. The first-order valence-electron chi connectivity index (χ1n) is 4.57. The second-order valence-corrected chi connectivity index (χ2v) is 3.10. The summed E-state index contributed by atoms with van der Waals surface area (Å²) in [6.07, 6.45) is 6.27. The van der Waals surface area contributed by atoms with Gasteiger partial charge in [0.05, 0.1) is 0 Å². The number of nitrogens with zero attached hydrogens (tertiary/aromatic N) is 3. The summed E-state index contributed by atoms with van der Waals surface area (Å²) in [5.74, 6) is 0.295. The summed E-state index contributed by atoms with van der Waals surface area (Å²) < 4.78 is 0. The fourth-order valence-corrected chi connectivity index (χ4v) is 1.44. The molecule has 0 bridgehead atoms. The third-order valence-electron chi connectivity index (χ3n) is 2.14. The van der Waals surface area contributed by atoms with Crippen LogP contribution in [0.15, 0.2) is 16.8 Å². The van der Waals surface area contributed by atoms with Crippen molar-refractivity contribution in [2.75, 3.05) is 6.54 Å². The summed E-state index contributed by atoms with van der Waals surface area (Å²) in [5, 5.41) is 3.43. The summed E-state index contributed by atoms with van der Waals surface area (Å²) >= 11 is 0. The lowest BCUT2D eigenvalue weighted by atomic mass is 10.1. The van der Waals surface area contributed by atoms with Crippen LogP contribution in [0, 0.1) is 0 Å². The van der Waals surface area contributed by atoms with E-state index in [0.29, 0.717) is 18.7 Å². The standard InChI is InChI=1S/C9H13N3O/c10-12-11-7-2-1-4-8-5-3-6-9(8)13/h5H,1-4,6-7H2. The Labute approximate surface area is 77.3 Å². The van der Waals surface area contributed by atoms with Crippen molar-refractivity contribution in [3.8, 4) is 0 Å². The molecule has 1 aliphatic rings. The van der Waals surface area contributed by atoms with Gasteiger partial charge >= 0.3 is 0 Å². The molecule has 0 aliphatic heterocycles. The Morgan fingerprint density at radius 2 is 2.38 bits per heavy atom. The number of carbonyl (C=O) groups is 1. The largest absolute Gasteiger partial charge is 0.295 e. The highest BCUT2D eigenvalue weighted by molar-refractivity contribution is 5.97. The lowest BCUT2D eigenvalue weighted by Gasteiger charge is -1.98. The highest BCUT2D eigenvalue weighted by Gasteiger charge is 2.13. The van der Waals surface area contributed by atoms with Crippen LogP contribution in [0.2, 0.25) is 0 Å². The molecule has 1 rings (SSSR count). The average molecular weight is 179 g/mol. The van der Waals surface area contributed by atoms with E-state index in [-0.39, 0.29) is 0 Å². The van der Waals surface area contributed by atoms with Gasteiger partial charge in [0.15, 0.2) is 5.78 Å². The van der Waals surface area contributed by atoms with Crippen molar-refractivity contribution >= 4 is 5.78 Å². The number of allylic oxidation sites excluding steroid dienone is 2. The van der Waals surface area contributed by atoms with Gasteiger partial charge in [-0.1, -0.05) is 11.2 Å². The number of rotatable bonds is 5. The first-order valence-corrected chi connectivity index (χ1v) is 4.57. The van der Waals surface area contributed by atoms with Crippen molar-refractivity contribution in [1.82, 2.24) is 0 Å². The topological polar surface area (TPSA) is 65.8 Å². The Bertz CT molecular complexity index is 264. The van der Waals surface area contributed by atoms with Gasteiger partial charge in [-0.3, -0.25) is 4.79 Å². The van der Waals surface area contributed by atoms with Gasteiger partial charge < -0.3 is 0 Å². The van der Waals surface area contributed by atoms with E-state index in [2.05, 4.69) is 10.0 Å². The van der Waals surface area contributed by atoms with Crippen LogP contribution in [-0.2, 0) is 4.79 Å². The third kappa shape index (κ3) is 3.30. The fourth-order valence-electron chi connectivity index (χ4n) is 1.44. The Morgan fingerprint density at radius 3 is 3.00 bits per heavy atom. The van der Waals surface area contributed by atoms with E-state index in [1.165, 1.54) is 0 Å². The molecule has 0 aromatic heterocycles. The molecule has 0 atom stereocenters. The maximum absolute atomic E-state index is 11.1. The van der Waals surface area contributed by atoms with E-state index in [9.17, 15) is 4.79 Å². The molecule has 4 nitrogen and oxygen atoms in total. The number of Topliss-reactive ketones (excluding diaryl/α,β-unsaturated/α-hetero) is 1. The first-order chi connectivity index (χ1) is 6.34. The minimum Gasteiger partial charge on any atom is -0.295 e. The van der Waals surface area contributed by atoms with Crippen LogP contribution in [0.5, 0.6) is 0 Å². The molecule has 0 saturated carbocycles. The SMILES string of the molecule is [N-]=[N+]=NCCCCC1=CCCC1=O. The summed E-state index contributed by atoms with van der Waals surface area (Å²) in [6, 6.07) is 0. The Kier molecular flexibility index (Phi) is 4.06. The maximum atomic E-state index is 11.1. The van der Waals surface area contributed by atoms with E-state index >= 15 is 0 Å². The number of ketones is 1. The number of unbranched alkanes of at least 4 members (excludes halogenated alkanes) is 1. The molecule has 0 spiro atoms. The van der Waals surface area contributed by atoms with Crippen LogP contribution in [0.25, 0.3) is 10.4 Å². The molecule has 0 radical (unpaired) electrons. The molecule has 0 aromatic rings. The summed E-state index contributed by atoms with van der Waals surface area (Å²) in [7, 11) is 0. The van der Waals surface area contributed by atoms with Crippen LogP contribution in [0.3, 0.4) is 0 Å². The smallest absolute Gasteiger partial charge is 0.158 e. The number of hydrogen-bond acceptors (Lipinski definition) is 2. The van der Waals surface area contributed by atoms with Crippen molar-refractivity contribution in [3.63, 3.8) is 0 Å². The third-order valence-corrected chi connectivity index (χ3v) is 2.14. The molecule has 4 heteroatoms. The molecule has 13 heavy (non-hydrogen) atoms. The van der Waals surface area contributed by atoms with Gasteiger partial charge in [0.1, 0.15) is 0 Å². The summed E-state index contributed by atoms with van der Waals surface area (Å²) in [4.78, 5) is 13.8. The van der Waals surface area contributed by atoms with Crippen molar-refractivity contribution in [2.24, 2.45) is 5.11 Å². The predicted molar refractivity (Wildman–Crippen MR) is 50.2 cm³/mol. The van der Waals surface area contributed by atoms with Gasteiger partial charge in [0, 0.05) is 17.9 Å². The molecule has 0 saturated heterocycles. The molecule has 0 amide bonds. The zero-order valence-corrected chi connectivity index (χ0v) is 7.57. The molecule has 0 N–H and O–H groups in total. The fraction of sp³-hybridized carbons (Fsp3) is 0.667. The minimum atomic E-state index is 0.295. The van der Waals surface area contributed by atoms with E-state index in [4.69, 9.17) is 5.53 Å². The highest BCUT2D eigenvalue weighted by Crippen LogP contribution is 2.18. The molecule has 0 heterocycles. The van der Waals surface area contributed by atoms with Gasteiger partial charge in [-0.25, -0.2) is 0 Å².